The van der Waals surface area contributed by atoms with Crippen LogP contribution in [0.2, 0.25) is 0 Å². The Bertz CT molecular complexity index is 1220. The number of carbonyl (C=O) groups is 1. The first-order chi connectivity index (χ1) is 17.2. The smallest absolute Gasteiger partial charge is 0.416 e. The van der Waals surface area contributed by atoms with Gasteiger partial charge >= 0.3 is 12.1 Å². The van der Waals surface area contributed by atoms with Crippen molar-refractivity contribution in [2.24, 2.45) is 0 Å². The van der Waals surface area contributed by atoms with Crippen molar-refractivity contribution in [1.82, 2.24) is 4.90 Å². The minimum atomic E-state index is -4.43. The van der Waals surface area contributed by atoms with Gasteiger partial charge in [-0.15, -0.1) is 0 Å². The van der Waals surface area contributed by atoms with E-state index in [0.717, 1.165) is 10.9 Å². The van der Waals surface area contributed by atoms with Gasteiger partial charge in [0.15, 0.2) is 0 Å². The lowest BCUT2D eigenvalue weighted by Crippen LogP contribution is -2.28. The lowest BCUT2D eigenvalue weighted by molar-refractivity contribution is -0.140. The van der Waals surface area contributed by atoms with Crippen LogP contribution in [0, 0.1) is 0 Å². The normalized spacial score (nSPS) is 15.5. The van der Waals surface area contributed by atoms with Crippen LogP contribution in [0.4, 0.5) is 13.2 Å². The molecule has 9 heteroatoms. The van der Waals surface area contributed by atoms with Crippen molar-refractivity contribution in [3.63, 3.8) is 0 Å². The van der Waals surface area contributed by atoms with Crippen molar-refractivity contribution < 1.29 is 36.6 Å². The van der Waals surface area contributed by atoms with Crippen LogP contribution in [0.3, 0.4) is 0 Å². The lowest BCUT2D eigenvalue weighted by Gasteiger charge is -2.25. The monoisotopic (exact) mass is 505 g/mol. The zero-order valence-corrected chi connectivity index (χ0v) is 20.6. The maximum absolute atomic E-state index is 13.9. The molecule has 1 unspecified atom stereocenters. The molecule has 0 amide bonds. The Morgan fingerprint density at radius 3 is 2.69 bits per heavy atom. The van der Waals surface area contributed by atoms with Crippen LogP contribution in [-0.2, 0) is 39.8 Å². The summed E-state index contributed by atoms with van der Waals surface area (Å²) in [6.45, 7) is 3.75. The molecule has 1 aliphatic carbocycles. The van der Waals surface area contributed by atoms with Gasteiger partial charge in [0.2, 0.25) is 0 Å². The molecular weight excluding hydrogens is 475 g/mol. The number of hydrogen-bond acceptors (Lipinski definition) is 6. The quantitative estimate of drug-likeness (QED) is 0.330. The molecule has 1 atom stereocenters. The van der Waals surface area contributed by atoms with E-state index in [4.69, 9.17) is 18.6 Å². The number of benzene rings is 2. The molecule has 1 aromatic heterocycles. The Hall–Kier alpha value is -3.04. The van der Waals surface area contributed by atoms with E-state index < -0.39 is 11.7 Å². The van der Waals surface area contributed by atoms with Gasteiger partial charge in [-0.1, -0.05) is 13.0 Å². The number of methoxy groups -OCH3 is 2. The largest absolute Gasteiger partial charge is 0.486 e. The van der Waals surface area contributed by atoms with Gasteiger partial charge < -0.3 is 18.6 Å². The van der Waals surface area contributed by atoms with Gasteiger partial charge in [-0.05, 0) is 54.3 Å². The Labute approximate surface area is 207 Å². The van der Waals surface area contributed by atoms with Crippen LogP contribution in [0.15, 0.2) is 41.0 Å². The standard InChI is InChI=1S/C27H30F3NO5/c1-4-31(11-12-33-2)15-22-20-8-10-24(21(20)7-9-23(22)27(28,29)30)36-18-5-6-19-17(13-26(32)34-3)16-35-25(19)14-18/h5-7,9,14,16,24H,4,8,10-13,15H2,1-3H3. The van der Waals surface area contributed by atoms with Crippen molar-refractivity contribution in [3.05, 3.63) is 64.4 Å². The van der Waals surface area contributed by atoms with Crippen molar-refractivity contribution in [3.8, 4) is 5.75 Å². The topological polar surface area (TPSA) is 61.1 Å². The highest BCUT2D eigenvalue weighted by Crippen LogP contribution is 2.43. The van der Waals surface area contributed by atoms with Gasteiger partial charge in [-0.3, -0.25) is 9.69 Å². The summed E-state index contributed by atoms with van der Waals surface area (Å²) in [6, 6.07) is 8.06. The third-order valence-corrected chi connectivity index (χ3v) is 6.68. The van der Waals surface area contributed by atoms with E-state index in [2.05, 4.69) is 0 Å². The zero-order chi connectivity index (χ0) is 25.9. The van der Waals surface area contributed by atoms with E-state index in [1.807, 2.05) is 17.9 Å². The summed E-state index contributed by atoms with van der Waals surface area (Å²) in [5.74, 6) is 0.189. The fourth-order valence-electron chi connectivity index (χ4n) is 4.77. The van der Waals surface area contributed by atoms with Gasteiger partial charge in [0.05, 0.1) is 32.0 Å². The Balaban J connectivity index is 1.60. The number of alkyl halides is 3. The third kappa shape index (κ3) is 5.52. The highest BCUT2D eigenvalue weighted by Gasteiger charge is 2.38. The van der Waals surface area contributed by atoms with E-state index in [1.165, 1.54) is 19.4 Å². The zero-order valence-electron chi connectivity index (χ0n) is 20.6. The Morgan fingerprint density at radius 2 is 2.00 bits per heavy atom. The summed E-state index contributed by atoms with van der Waals surface area (Å²) < 4.78 is 63.4. The SMILES string of the molecule is CCN(CCOC)Cc1c(C(F)(F)F)ccc2c1CCC2Oc1ccc2c(CC(=O)OC)coc2c1. The number of fused-ring (bicyclic) bond motifs is 2. The summed E-state index contributed by atoms with van der Waals surface area (Å²) >= 11 is 0. The first-order valence-electron chi connectivity index (χ1n) is 11.9. The number of esters is 1. The summed E-state index contributed by atoms with van der Waals surface area (Å²) in [5, 5.41) is 0.785. The number of carbonyl (C=O) groups excluding carboxylic acids is 1. The molecule has 0 bridgehead atoms. The Morgan fingerprint density at radius 1 is 1.19 bits per heavy atom. The van der Waals surface area contributed by atoms with Gasteiger partial charge in [0.25, 0.3) is 0 Å². The molecule has 0 radical (unpaired) electrons. The number of nitrogens with zero attached hydrogens (tertiary/aromatic N) is 1. The number of rotatable bonds is 10. The third-order valence-electron chi connectivity index (χ3n) is 6.68. The Kier molecular flexibility index (Phi) is 7.90. The van der Waals surface area contributed by atoms with Crippen molar-refractivity contribution in [2.75, 3.05) is 33.9 Å². The number of furan rings is 1. The van der Waals surface area contributed by atoms with Crippen molar-refractivity contribution >= 4 is 16.9 Å². The first kappa shape index (κ1) is 26.0. The second-order valence-electron chi connectivity index (χ2n) is 8.84. The average molecular weight is 506 g/mol. The summed E-state index contributed by atoms with van der Waals surface area (Å²) in [5.41, 5.74) is 2.50. The molecule has 0 fully saturated rings. The summed E-state index contributed by atoms with van der Waals surface area (Å²) in [7, 11) is 2.91. The molecule has 0 spiro atoms. The van der Waals surface area contributed by atoms with Crippen molar-refractivity contribution in [1.29, 1.82) is 0 Å². The molecule has 194 valence electrons. The number of hydrogen-bond donors (Lipinski definition) is 0. The summed E-state index contributed by atoms with van der Waals surface area (Å²) in [4.78, 5) is 13.6. The molecule has 6 nitrogen and oxygen atoms in total. The lowest BCUT2D eigenvalue weighted by atomic mass is 9.96. The molecule has 1 heterocycles. The number of ether oxygens (including phenoxy) is 3. The van der Waals surface area contributed by atoms with Crippen molar-refractivity contribution in [2.45, 2.75) is 45.0 Å². The highest BCUT2D eigenvalue weighted by atomic mass is 19.4. The molecule has 2 aromatic carbocycles. The van der Waals surface area contributed by atoms with E-state index in [-0.39, 0.29) is 25.0 Å². The fraction of sp³-hybridized carbons (Fsp3) is 0.444. The van der Waals surface area contributed by atoms with E-state index >= 15 is 0 Å². The van der Waals surface area contributed by atoms with Crippen LogP contribution in [0.5, 0.6) is 5.75 Å². The van der Waals surface area contributed by atoms with Gasteiger partial charge in [0, 0.05) is 37.2 Å². The summed E-state index contributed by atoms with van der Waals surface area (Å²) in [6.07, 6.45) is -2.09. The van der Waals surface area contributed by atoms with Crippen LogP contribution < -0.4 is 4.74 Å². The predicted molar refractivity (Wildman–Crippen MR) is 128 cm³/mol. The number of likely N-dealkylation sites (N-methyl/N-ethyl adjacent to an activating group) is 1. The molecule has 4 rings (SSSR count). The predicted octanol–water partition coefficient (Wildman–Crippen LogP) is 5.70. The number of halogens is 3. The highest BCUT2D eigenvalue weighted by molar-refractivity contribution is 5.86. The van der Waals surface area contributed by atoms with E-state index in [0.29, 0.717) is 60.6 Å². The average Bonchev–Trinajstić information content (AvgIpc) is 3.45. The molecule has 0 N–H and O–H groups in total. The molecular formula is C27H30F3NO5. The first-order valence-corrected chi connectivity index (χ1v) is 11.9. The minimum Gasteiger partial charge on any atom is -0.486 e. The molecule has 0 aliphatic heterocycles. The molecule has 0 saturated heterocycles. The molecule has 1 aliphatic rings. The minimum absolute atomic E-state index is 0.100. The second kappa shape index (κ2) is 10.9. The molecule has 0 saturated carbocycles. The fourth-order valence-corrected chi connectivity index (χ4v) is 4.77. The van der Waals surface area contributed by atoms with E-state index in [1.54, 1.807) is 25.3 Å². The second-order valence-corrected chi connectivity index (χ2v) is 8.84. The maximum atomic E-state index is 13.9. The maximum Gasteiger partial charge on any atom is 0.416 e. The van der Waals surface area contributed by atoms with Crippen LogP contribution in [0.25, 0.3) is 11.0 Å². The van der Waals surface area contributed by atoms with Gasteiger partial charge in [-0.2, -0.15) is 13.2 Å². The van der Waals surface area contributed by atoms with Gasteiger partial charge in [0.1, 0.15) is 17.4 Å². The van der Waals surface area contributed by atoms with E-state index in [9.17, 15) is 18.0 Å². The molecule has 3 aromatic rings. The van der Waals surface area contributed by atoms with Crippen LogP contribution in [0.1, 0.15) is 47.3 Å². The molecule has 36 heavy (non-hydrogen) atoms. The van der Waals surface area contributed by atoms with Crippen LogP contribution >= 0.6 is 0 Å². The van der Waals surface area contributed by atoms with Gasteiger partial charge in [-0.25, -0.2) is 0 Å². The van der Waals surface area contributed by atoms with Crippen LogP contribution in [-0.4, -0.2) is 44.8 Å².